The summed E-state index contributed by atoms with van der Waals surface area (Å²) in [5, 5.41) is 0.0831. The van der Waals surface area contributed by atoms with E-state index >= 15 is 0 Å². The van der Waals surface area contributed by atoms with Gasteiger partial charge in [-0.3, -0.25) is 15.6 Å². The number of hydrazine groups is 1. The fourth-order valence-electron chi connectivity index (χ4n) is 3.27. The van der Waals surface area contributed by atoms with E-state index in [9.17, 15) is 9.59 Å². The number of fused-ring (bicyclic) bond motifs is 1. The summed E-state index contributed by atoms with van der Waals surface area (Å²) < 4.78 is 10.4. The number of aromatic nitrogens is 2. The molecule has 2 aromatic rings. The van der Waals surface area contributed by atoms with Gasteiger partial charge in [-0.2, -0.15) is 0 Å². The average Bonchev–Trinajstić information content (AvgIpc) is 2.64. The summed E-state index contributed by atoms with van der Waals surface area (Å²) >= 11 is 6.20. The van der Waals surface area contributed by atoms with Gasteiger partial charge in [0, 0.05) is 12.5 Å². The molecule has 0 bridgehead atoms. The highest BCUT2D eigenvalue weighted by Gasteiger charge is 2.33. The third kappa shape index (κ3) is 4.34. The number of rotatable bonds is 4. The molecule has 1 atom stereocenters. The molecule has 9 heteroatoms. The molecule has 8 nitrogen and oxygen atoms in total. The van der Waals surface area contributed by atoms with E-state index in [2.05, 4.69) is 20.8 Å². The SMILES string of the molecule is COC(=O)c1cc2nc(Cl)c(NNC(=O)C3CCOC(C)(C)C3)nc2cc1C. The first-order valence-electron chi connectivity index (χ1n) is 8.96. The summed E-state index contributed by atoms with van der Waals surface area (Å²) in [4.78, 5) is 33.0. The predicted molar refractivity (Wildman–Crippen MR) is 105 cm³/mol. The molecule has 2 heterocycles. The van der Waals surface area contributed by atoms with Gasteiger partial charge >= 0.3 is 5.97 Å². The molecule has 2 N–H and O–H groups in total. The van der Waals surface area contributed by atoms with Crippen LogP contribution in [0.3, 0.4) is 0 Å². The minimum Gasteiger partial charge on any atom is -0.465 e. The summed E-state index contributed by atoms with van der Waals surface area (Å²) in [6.45, 7) is 6.26. The molecule has 1 aliphatic rings. The maximum atomic E-state index is 12.5. The molecule has 1 saturated heterocycles. The number of nitrogens with one attached hydrogen (secondary N) is 2. The highest BCUT2D eigenvalue weighted by atomic mass is 35.5. The van der Waals surface area contributed by atoms with Crippen LogP contribution in [-0.4, -0.2) is 41.2 Å². The van der Waals surface area contributed by atoms with Crippen molar-refractivity contribution in [2.75, 3.05) is 19.1 Å². The summed E-state index contributed by atoms with van der Waals surface area (Å²) in [6, 6.07) is 3.31. The Balaban J connectivity index is 1.77. The fourth-order valence-corrected chi connectivity index (χ4v) is 3.45. The maximum Gasteiger partial charge on any atom is 0.338 e. The lowest BCUT2D eigenvalue weighted by molar-refractivity contribution is -0.134. The van der Waals surface area contributed by atoms with Crippen LogP contribution in [0.1, 0.15) is 42.6 Å². The summed E-state index contributed by atoms with van der Waals surface area (Å²) in [5.74, 6) is -0.523. The van der Waals surface area contributed by atoms with Gasteiger partial charge in [0.25, 0.3) is 0 Å². The van der Waals surface area contributed by atoms with Crippen LogP contribution < -0.4 is 10.9 Å². The van der Waals surface area contributed by atoms with Crippen LogP contribution in [0.5, 0.6) is 0 Å². The topological polar surface area (TPSA) is 102 Å². The fraction of sp³-hybridized carbons (Fsp3) is 0.474. The van der Waals surface area contributed by atoms with Gasteiger partial charge in [0.1, 0.15) is 0 Å². The Bertz CT molecular complexity index is 932. The molecular formula is C19H23ClN4O4. The first-order chi connectivity index (χ1) is 13.2. The first-order valence-corrected chi connectivity index (χ1v) is 9.34. The number of halogens is 1. The van der Waals surface area contributed by atoms with Crippen molar-refractivity contribution in [2.45, 2.75) is 39.2 Å². The van der Waals surface area contributed by atoms with Crippen LogP contribution >= 0.6 is 11.6 Å². The van der Waals surface area contributed by atoms with Crippen molar-refractivity contribution in [2.24, 2.45) is 5.92 Å². The second-order valence-electron chi connectivity index (χ2n) is 7.42. The van der Waals surface area contributed by atoms with E-state index < -0.39 is 5.97 Å². The van der Waals surface area contributed by atoms with Crippen molar-refractivity contribution in [1.82, 2.24) is 15.4 Å². The van der Waals surface area contributed by atoms with E-state index in [1.165, 1.54) is 7.11 Å². The molecule has 1 aliphatic heterocycles. The number of carbonyl (C=O) groups is 2. The summed E-state index contributed by atoms with van der Waals surface area (Å²) in [6.07, 6.45) is 1.29. The van der Waals surface area contributed by atoms with Crippen molar-refractivity contribution in [3.8, 4) is 0 Å². The van der Waals surface area contributed by atoms with Crippen molar-refractivity contribution >= 4 is 40.3 Å². The van der Waals surface area contributed by atoms with Gasteiger partial charge in [-0.1, -0.05) is 11.6 Å². The van der Waals surface area contributed by atoms with E-state index in [1.54, 1.807) is 19.1 Å². The molecule has 1 aromatic heterocycles. The molecule has 28 heavy (non-hydrogen) atoms. The van der Waals surface area contributed by atoms with Gasteiger partial charge in [0.05, 0.1) is 29.3 Å². The lowest BCUT2D eigenvalue weighted by Crippen LogP contribution is -2.43. The number of methoxy groups -OCH3 is 1. The second-order valence-corrected chi connectivity index (χ2v) is 7.78. The number of hydrogen-bond acceptors (Lipinski definition) is 7. The second kappa shape index (κ2) is 7.89. The van der Waals surface area contributed by atoms with E-state index in [4.69, 9.17) is 21.1 Å². The number of ether oxygens (including phenoxy) is 2. The number of amides is 1. The van der Waals surface area contributed by atoms with Gasteiger partial charge in [-0.15, -0.1) is 0 Å². The van der Waals surface area contributed by atoms with Gasteiger partial charge in [-0.25, -0.2) is 14.8 Å². The Kier molecular flexibility index (Phi) is 5.71. The van der Waals surface area contributed by atoms with Gasteiger partial charge < -0.3 is 9.47 Å². The zero-order valence-electron chi connectivity index (χ0n) is 16.3. The molecule has 1 fully saturated rings. The van der Waals surface area contributed by atoms with Crippen molar-refractivity contribution < 1.29 is 19.1 Å². The minimum atomic E-state index is -0.453. The lowest BCUT2D eigenvalue weighted by atomic mass is 9.88. The van der Waals surface area contributed by atoms with Gasteiger partial charge in [-0.05, 0) is 51.3 Å². The Morgan fingerprint density at radius 1 is 1.29 bits per heavy atom. The largest absolute Gasteiger partial charge is 0.465 e. The highest BCUT2D eigenvalue weighted by Crippen LogP contribution is 2.29. The van der Waals surface area contributed by atoms with E-state index in [1.807, 2.05) is 13.8 Å². The summed E-state index contributed by atoms with van der Waals surface area (Å²) in [5.41, 5.74) is 7.20. The van der Waals surface area contributed by atoms with Gasteiger partial charge in [0.2, 0.25) is 5.91 Å². The Morgan fingerprint density at radius 3 is 2.68 bits per heavy atom. The maximum absolute atomic E-state index is 12.5. The number of carbonyl (C=O) groups excluding carboxylic acids is 2. The lowest BCUT2D eigenvalue weighted by Gasteiger charge is -2.34. The minimum absolute atomic E-state index is 0.0831. The Morgan fingerprint density at radius 2 is 2.00 bits per heavy atom. The van der Waals surface area contributed by atoms with Crippen LogP contribution in [0, 0.1) is 12.8 Å². The number of esters is 1. The van der Waals surface area contributed by atoms with Crippen molar-refractivity contribution in [3.05, 3.63) is 28.4 Å². The highest BCUT2D eigenvalue weighted by molar-refractivity contribution is 6.32. The molecule has 150 valence electrons. The van der Waals surface area contributed by atoms with Crippen molar-refractivity contribution in [1.29, 1.82) is 0 Å². The summed E-state index contributed by atoms with van der Waals surface area (Å²) in [7, 11) is 1.32. The van der Waals surface area contributed by atoms with Crippen LogP contribution in [0.15, 0.2) is 12.1 Å². The number of benzene rings is 1. The van der Waals surface area contributed by atoms with Crippen LogP contribution in [0.2, 0.25) is 5.15 Å². The quantitative estimate of drug-likeness (QED) is 0.594. The Hall–Kier alpha value is -2.45. The Labute approximate surface area is 167 Å². The standard InChI is InChI=1S/C19H23ClN4O4/c1-10-7-13-14(8-12(10)18(26)27-4)21-15(20)16(22-13)23-24-17(25)11-5-6-28-19(2,3)9-11/h7-8,11H,5-6,9H2,1-4H3,(H,22,23)(H,24,25). The number of aryl methyl sites for hydroxylation is 1. The van der Waals surface area contributed by atoms with Crippen molar-refractivity contribution in [3.63, 3.8) is 0 Å². The molecule has 0 radical (unpaired) electrons. The van der Waals surface area contributed by atoms with E-state index in [0.29, 0.717) is 41.6 Å². The molecule has 1 unspecified atom stereocenters. The first kappa shape index (κ1) is 20.3. The number of anilines is 1. The zero-order chi connectivity index (χ0) is 20.5. The molecular weight excluding hydrogens is 384 g/mol. The van der Waals surface area contributed by atoms with Crippen LogP contribution in [0.25, 0.3) is 11.0 Å². The van der Waals surface area contributed by atoms with Crippen LogP contribution in [-0.2, 0) is 14.3 Å². The van der Waals surface area contributed by atoms with E-state index in [-0.39, 0.29) is 28.4 Å². The third-order valence-electron chi connectivity index (χ3n) is 4.75. The molecule has 1 aromatic carbocycles. The zero-order valence-corrected chi connectivity index (χ0v) is 17.0. The average molecular weight is 407 g/mol. The predicted octanol–water partition coefficient (Wildman–Crippen LogP) is 3.03. The molecule has 3 rings (SSSR count). The number of nitrogens with zero attached hydrogens (tertiary/aromatic N) is 2. The molecule has 0 spiro atoms. The molecule has 1 amide bonds. The normalized spacial score (nSPS) is 18.5. The van der Waals surface area contributed by atoms with E-state index in [0.717, 1.165) is 0 Å². The molecule has 0 saturated carbocycles. The number of hydrogen-bond donors (Lipinski definition) is 2. The third-order valence-corrected chi connectivity index (χ3v) is 5.01. The van der Waals surface area contributed by atoms with Crippen LogP contribution in [0.4, 0.5) is 5.82 Å². The monoisotopic (exact) mass is 406 g/mol. The van der Waals surface area contributed by atoms with Gasteiger partial charge in [0.15, 0.2) is 11.0 Å². The smallest absolute Gasteiger partial charge is 0.338 e. The molecule has 0 aliphatic carbocycles.